The van der Waals surface area contributed by atoms with Crippen LogP contribution in [0.2, 0.25) is 0 Å². The number of aromatic nitrogens is 2. The maximum Gasteiger partial charge on any atom is 0.141 e. The van der Waals surface area contributed by atoms with Crippen LogP contribution in [0.15, 0.2) is 151 Å². The second-order valence-electron chi connectivity index (χ2n) is 13.7. The molecule has 234 valence electrons. The highest BCUT2D eigenvalue weighted by molar-refractivity contribution is 7.25. The monoisotopic (exact) mass is 656 g/mol. The Morgan fingerprint density at radius 3 is 2.12 bits per heavy atom. The minimum atomic E-state index is 0.0128. The maximum absolute atomic E-state index is 5.42. The number of nitrogens with zero attached hydrogens (tertiary/aromatic N) is 4. The van der Waals surface area contributed by atoms with Crippen molar-refractivity contribution in [1.29, 1.82) is 0 Å². The van der Waals surface area contributed by atoms with Gasteiger partial charge >= 0.3 is 0 Å². The second-order valence-corrected chi connectivity index (χ2v) is 14.7. The molecule has 0 fully saturated rings. The number of para-hydroxylation sites is 4. The van der Waals surface area contributed by atoms with Gasteiger partial charge in [-0.15, -0.1) is 11.3 Å². The Hall–Kier alpha value is -6.17. The first kappa shape index (κ1) is 26.7. The van der Waals surface area contributed by atoms with Gasteiger partial charge in [-0.25, -0.2) is 4.99 Å². The van der Waals surface area contributed by atoms with Gasteiger partial charge in [-0.2, -0.15) is 0 Å². The highest BCUT2D eigenvalue weighted by Gasteiger charge is 2.40. The Morgan fingerprint density at radius 2 is 1.22 bits per heavy atom. The standard InChI is InChI=1S/C45H28N4S/c1-47-38-17-9-7-15-36(38)46-45-44(47)35-23-27(26-19-20-42-33(21-26)30-14-6-10-18-41(30)50-42)22-34-32-25-39-31(24-40(32)49(45)43(34)35)29-13-5-8-16-37(29)48(39)28-11-3-2-4-12-28/h2-25,44H,1H3. The summed E-state index contributed by atoms with van der Waals surface area (Å²) in [6.45, 7) is 0. The van der Waals surface area contributed by atoms with Crippen molar-refractivity contribution in [2.45, 2.75) is 6.04 Å². The fourth-order valence-corrected chi connectivity index (χ4v) is 9.97. The van der Waals surface area contributed by atoms with Crippen LogP contribution in [0.3, 0.4) is 0 Å². The normalized spacial score (nSPS) is 15.2. The molecule has 5 heterocycles. The Labute approximate surface area is 291 Å². The third-order valence-electron chi connectivity index (χ3n) is 11.1. The number of aliphatic imine (C=N–C) groups is 1. The molecule has 1 unspecified atom stereocenters. The van der Waals surface area contributed by atoms with Crippen LogP contribution in [0.1, 0.15) is 11.6 Å². The molecule has 0 bridgehead atoms. The van der Waals surface area contributed by atoms with Crippen molar-refractivity contribution in [3.05, 3.63) is 151 Å². The molecule has 10 aromatic rings. The summed E-state index contributed by atoms with van der Waals surface area (Å²) in [5.74, 6) is 1.07. The Bertz CT molecular complexity index is 3120. The third kappa shape index (κ3) is 3.37. The van der Waals surface area contributed by atoms with Crippen molar-refractivity contribution < 1.29 is 0 Å². The van der Waals surface area contributed by atoms with E-state index >= 15 is 0 Å². The zero-order chi connectivity index (χ0) is 32.7. The van der Waals surface area contributed by atoms with Gasteiger partial charge in [-0.05, 0) is 83.9 Å². The quantitative estimate of drug-likeness (QED) is 0.182. The minimum absolute atomic E-state index is 0.0128. The summed E-state index contributed by atoms with van der Waals surface area (Å²) in [7, 11) is 2.22. The van der Waals surface area contributed by atoms with E-state index < -0.39 is 0 Å². The molecule has 7 aromatic carbocycles. The number of fused-ring (bicyclic) bond motifs is 13. The van der Waals surface area contributed by atoms with E-state index in [-0.39, 0.29) is 6.04 Å². The predicted octanol–water partition coefficient (Wildman–Crippen LogP) is 12.0. The molecule has 0 N–H and O–H groups in total. The Morgan fingerprint density at radius 1 is 0.520 bits per heavy atom. The number of hydrogen-bond acceptors (Lipinski definition) is 3. The summed E-state index contributed by atoms with van der Waals surface area (Å²) in [6, 6.07) is 53.6. The number of hydrogen-bond donors (Lipinski definition) is 0. The lowest BCUT2D eigenvalue weighted by Crippen LogP contribution is -2.33. The van der Waals surface area contributed by atoms with E-state index in [1.54, 1.807) is 0 Å². The molecule has 5 heteroatoms. The van der Waals surface area contributed by atoms with E-state index in [2.05, 4.69) is 167 Å². The van der Waals surface area contributed by atoms with Crippen LogP contribution in [0, 0.1) is 0 Å². The molecule has 0 saturated heterocycles. The Kier molecular flexibility index (Phi) is 5.08. The van der Waals surface area contributed by atoms with Crippen LogP contribution in [0.5, 0.6) is 0 Å². The average molecular weight is 657 g/mol. The van der Waals surface area contributed by atoms with Crippen molar-refractivity contribution in [2.24, 2.45) is 4.99 Å². The molecule has 12 rings (SSSR count). The zero-order valence-electron chi connectivity index (χ0n) is 27.1. The predicted molar refractivity (Wildman–Crippen MR) is 212 cm³/mol. The van der Waals surface area contributed by atoms with Gasteiger partial charge in [0.2, 0.25) is 0 Å². The molecule has 1 atom stereocenters. The molecule has 0 amide bonds. The third-order valence-corrected chi connectivity index (χ3v) is 12.2. The van der Waals surface area contributed by atoms with Gasteiger partial charge in [-0.1, -0.05) is 72.8 Å². The summed E-state index contributed by atoms with van der Waals surface area (Å²) >= 11 is 1.87. The number of rotatable bonds is 2. The largest absolute Gasteiger partial charge is 0.359 e. The molecule has 2 aliphatic heterocycles. The summed E-state index contributed by atoms with van der Waals surface area (Å²) < 4.78 is 7.54. The molecule has 2 aliphatic rings. The van der Waals surface area contributed by atoms with E-state index in [4.69, 9.17) is 4.99 Å². The van der Waals surface area contributed by atoms with Gasteiger partial charge < -0.3 is 9.47 Å². The lowest BCUT2D eigenvalue weighted by atomic mass is 9.94. The lowest BCUT2D eigenvalue weighted by molar-refractivity contribution is 0.840. The number of likely N-dealkylation sites (N-methyl/N-ethyl adjacent to an activating group) is 1. The molecule has 0 aliphatic carbocycles. The number of anilines is 1. The first-order valence-electron chi connectivity index (χ1n) is 17.1. The Balaban J connectivity index is 1.21. The van der Waals surface area contributed by atoms with Crippen LogP contribution in [-0.4, -0.2) is 22.0 Å². The number of thiophene rings is 1. The smallest absolute Gasteiger partial charge is 0.141 e. The molecule has 0 spiro atoms. The van der Waals surface area contributed by atoms with Crippen LogP contribution >= 0.6 is 11.3 Å². The minimum Gasteiger partial charge on any atom is -0.359 e. The lowest BCUT2D eigenvalue weighted by Gasteiger charge is -2.33. The SMILES string of the molecule is CN1c2ccccc2N=C2C1c1cc(-c3ccc4sc5ccccc5c4c3)cc3c4cc5c(cc4n2c13)c1ccccc1n5-c1ccccc1. The van der Waals surface area contributed by atoms with E-state index in [0.717, 1.165) is 17.2 Å². The fraction of sp³-hybridized carbons (Fsp3) is 0.0444. The van der Waals surface area contributed by atoms with Crippen LogP contribution in [0.25, 0.3) is 80.6 Å². The van der Waals surface area contributed by atoms with Crippen molar-refractivity contribution in [3.8, 4) is 16.8 Å². The van der Waals surface area contributed by atoms with Gasteiger partial charge in [0.1, 0.15) is 11.9 Å². The van der Waals surface area contributed by atoms with Gasteiger partial charge in [0.05, 0.1) is 33.4 Å². The van der Waals surface area contributed by atoms with Gasteiger partial charge in [-0.3, -0.25) is 4.57 Å². The molecule has 3 aromatic heterocycles. The summed E-state index contributed by atoms with van der Waals surface area (Å²) in [5, 5.41) is 7.67. The first-order chi connectivity index (χ1) is 24.7. The molecule has 0 radical (unpaired) electrons. The van der Waals surface area contributed by atoms with E-state index in [9.17, 15) is 0 Å². The summed E-state index contributed by atoms with van der Waals surface area (Å²) in [6.07, 6.45) is 0. The maximum atomic E-state index is 5.42. The average Bonchev–Trinajstić information content (AvgIpc) is 3.89. The zero-order valence-corrected chi connectivity index (χ0v) is 27.9. The topological polar surface area (TPSA) is 25.5 Å². The van der Waals surface area contributed by atoms with Crippen LogP contribution in [-0.2, 0) is 0 Å². The second kappa shape index (κ2) is 9.50. The number of benzene rings is 7. The van der Waals surface area contributed by atoms with Gasteiger partial charge in [0, 0.05) is 60.0 Å². The molecule has 4 nitrogen and oxygen atoms in total. The van der Waals surface area contributed by atoms with Crippen molar-refractivity contribution in [3.63, 3.8) is 0 Å². The molecule has 0 saturated carbocycles. The van der Waals surface area contributed by atoms with E-state index in [0.29, 0.717) is 0 Å². The fourth-order valence-electron chi connectivity index (χ4n) is 8.88. The molecule has 50 heavy (non-hydrogen) atoms. The summed E-state index contributed by atoms with van der Waals surface area (Å²) in [4.78, 5) is 7.84. The highest BCUT2D eigenvalue weighted by atomic mass is 32.1. The van der Waals surface area contributed by atoms with Gasteiger partial charge in [0.15, 0.2) is 0 Å². The first-order valence-corrected chi connectivity index (χ1v) is 18.0. The van der Waals surface area contributed by atoms with Gasteiger partial charge in [0.25, 0.3) is 0 Å². The van der Waals surface area contributed by atoms with Crippen molar-refractivity contribution >= 4 is 92.3 Å². The van der Waals surface area contributed by atoms with E-state index in [1.807, 2.05) is 11.3 Å². The highest BCUT2D eigenvalue weighted by Crippen LogP contribution is 2.50. The van der Waals surface area contributed by atoms with E-state index in [1.165, 1.54) is 86.2 Å². The van der Waals surface area contributed by atoms with Crippen LogP contribution in [0.4, 0.5) is 11.4 Å². The van der Waals surface area contributed by atoms with Crippen LogP contribution < -0.4 is 4.90 Å². The molecular formula is C45H28N4S. The van der Waals surface area contributed by atoms with Crippen molar-refractivity contribution in [1.82, 2.24) is 9.13 Å². The molecular weight excluding hydrogens is 629 g/mol. The van der Waals surface area contributed by atoms with Crippen molar-refractivity contribution in [2.75, 3.05) is 11.9 Å². The summed E-state index contributed by atoms with van der Waals surface area (Å²) in [5.41, 5.74) is 12.0.